The van der Waals surface area contributed by atoms with Crippen LogP contribution in [0.15, 0.2) is 48.8 Å². The monoisotopic (exact) mass is 255 g/mol. The molecule has 1 saturated heterocycles. The molecule has 96 valence electrons. The lowest BCUT2D eigenvalue weighted by Gasteiger charge is -2.16. The summed E-state index contributed by atoms with van der Waals surface area (Å²) in [7, 11) is 0. The molecule has 1 aliphatic rings. The van der Waals surface area contributed by atoms with E-state index in [1.54, 1.807) is 23.4 Å². The van der Waals surface area contributed by atoms with Gasteiger partial charge in [-0.3, -0.25) is 9.59 Å². The first-order valence-corrected chi connectivity index (χ1v) is 6.15. The summed E-state index contributed by atoms with van der Waals surface area (Å²) in [4.78, 5) is 25.8. The SMILES string of the molecule is O=C1CC(C(=O)n2cccn2)CN1c1ccccc1. The second-order valence-corrected chi connectivity index (χ2v) is 4.53. The molecular formula is C14H13N3O2. The summed E-state index contributed by atoms with van der Waals surface area (Å²) in [5.41, 5.74) is 0.836. The maximum Gasteiger partial charge on any atom is 0.252 e. The van der Waals surface area contributed by atoms with Gasteiger partial charge in [-0.1, -0.05) is 18.2 Å². The minimum Gasteiger partial charge on any atom is -0.312 e. The molecule has 3 rings (SSSR count). The largest absolute Gasteiger partial charge is 0.312 e. The van der Waals surface area contributed by atoms with Gasteiger partial charge in [0.1, 0.15) is 0 Å². The molecule has 1 fully saturated rings. The zero-order valence-electron chi connectivity index (χ0n) is 10.3. The molecule has 0 aliphatic carbocycles. The number of nitrogens with zero attached hydrogens (tertiary/aromatic N) is 3. The van der Waals surface area contributed by atoms with Crippen molar-refractivity contribution in [2.24, 2.45) is 5.92 Å². The molecule has 5 heteroatoms. The van der Waals surface area contributed by atoms with Crippen molar-refractivity contribution in [3.05, 3.63) is 48.8 Å². The van der Waals surface area contributed by atoms with Gasteiger partial charge in [-0.25, -0.2) is 4.68 Å². The van der Waals surface area contributed by atoms with Gasteiger partial charge in [-0.05, 0) is 18.2 Å². The Kier molecular flexibility index (Phi) is 2.87. The quantitative estimate of drug-likeness (QED) is 0.818. The van der Waals surface area contributed by atoms with E-state index >= 15 is 0 Å². The zero-order chi connectivity index (χ0) is 13.2. The van der Waals surface area contributed by atoms with Crippen molar-refractivity contribution >= 4 is 17.5 Å². The van der Waals surface area contributed by atoms with E-state index in [1.807, 2.05) is 30.3 Å². The predicted molar refractivity (Wildman–Crippen MR) is 69.8 cm³/mol. The van der Waals surface area contributed by atoms with Crippen LogP contribution in [0.4, 0.5) is 5.69 Å². The molecule has 2 aromatic rings. The van der Waals surface area contributed by atoms with Gasteiger partial charge in [0.05, 0.1) is 5.92 Å². The Hall–Kier alpha value is -2.43. The Balaban J connectivity index is 1.79. The second kappa shape index (κ2) is 4.68. The number of hydrogen-bond donors (Lipinski definition) is 0. The first-order chi connectivity index (χ1) is 9.25. The van der Waals surface area contributed by atoms with Gasteiger partial charge >= 0.3 is 0 Å². The highest BCUT2D eigenvalue weighted by atomic mass is 16.2. The van der Waals surface area contributed by atoms with E-state index in [-0.39, 0.29) is 24.2 Å². The van der Waals surface area contributed by atoms with Gasteiger partial charge in [0, 0.05) is 31.0 Å². The molecule has 1 aromatic heterocycles. The highest BCUT2D eigenvalue weighted by Gasteiger charge is 2.35. The number of para-hydroxylation sites is 1. The van der Waals surface area contributed by atoms with Crippen LogP contribution in [0.2, 0.25) is 0 Å². The summed E-state index contributed by atoms with van der Waals surface area (Å²) in [5.74, 6) is -0.471. The van der Waals surface area contributed by atoms with E-state index in [0.717, 1.165) is 5.69 Å². The smallest absolute Gasteiger partial charge is 0.252 e. The molecule has 5 nitrogen and oxygen atoms in total. The van der Waals surface area contributed by atoms with Gasteiger partial charge in [-0.2, -0.15) is 5.10 Å². The number of carbonyl (C=O) groups is 2. The van der Waals surface area contributed by atoms with Gasteiger partial charge in [0.2, 0.25) is 5.91 Å². The van der Waals surface area contributed by atoms with Gasteiger partial charge in [-0.15, -0.1) is 0 Å². The fourth-order valence-electron chi connectivity index (χ4n) is 2.32. The number of hydrogen-bond acceptors (Lipinski definition) is 3. The minimum atomic E-state index is -0.326. The molecule has 0 radical (unpaired) electrons. The summed E-state index contributed by atoms with van der Waals surface area (Å²) in [6, 6.07) is 11.1. The maximum absolute atomic E-state index is 12.2. The third-order valence-electron chi connectivity index (χ3n) is 3.27. The first-order valence-electron chi connectivity index (χ1n) is 6.15. The van der Waals surface area contributed by atoms with Gasteiger partial charge < -0.3 is 4.90 Å². The predicted octanol–water partition coefficient (Wildman–Crippen LogP) is 1.58. The van der Waals surface area contributed by atoms with Crippen molar-refractivity contribution in [3.8, 4) is 0 Å². The highest BCUT2D eigenvalue weighted by molar-refractivity contribution is 6.00. The molecule has 0 spiro atoms. The minimum absolute atomic E-state index is 0.0169. The van der Waals surface area contributed by atoms with Crippen molar-refractivity contribution in [2.75, 3.05) is 11.4 Å². The highest BCUT2D eigenvalue weighted by Crippen LogP contribution is 2.25. The molecular weight excluding hydrogens is 242 g/mol. The van der Waals surface area contributed by atoms with Crippen LogP contribution in [0.25, 0.3) is 0 Å². The van der Waals surface area contributed by atoms with E-state index in [1.165, 1.54) is 4.68 Å². The number of anilines is 1. The molecule has 0 bridgehead atoms. The van der Waals surface area contributed by atoms with Crippen molar-refractivity contribution in [1.29, 1.82) is 0 Å². The number of benzene rings is 1. The molecule has 1 aromatic carbocycles. The lowest BCUT2D eigenvalue weighted by molar-refractivity contribution is -0.117. The molecule has 2 heterocycles. The van der Waals surface area contributed by atoms with E-state index in [0.29, 0.717) is 6.54 Å². The topological polar surface area (TPSA) is 55.2 Å². The summed E-state index contributed by atoms with van der Waals surface area (Å²) in [6.07, 6.45) is 3.41. The summed E-state index contributed by atoms with van der Waals surface area (Å²) >= 11 is 0. The van der Waals surface area contributed by atoms with E-state index in [4.69, 9.17) is 0 Å². The Labute approximate surface area is 110 Å². The average Bonchev–Trinajstić information content (AvgIpc) is 3.08. The summed E-state index contributed by atoms with van der Waals surface area (Å²) < 4.78 is 1.30. The lowest BCUT2D eigenvalue weighted by Crippen LogP contribution is -2.27. The van der Waals surface area contributed by atoms with E-state index < -0.39 is 0 Å². The van der Waals surface area contributed by atoms with Gasteiger partial charge in [0.15, 0.2) is 0 Å². The van der Waals surface area contributed by atoms with E-state index in [2.05, 4.69) is 5.10 Å². The summed E-state index contributed by atoms with van der Waals surface area (Å²) in [5, 5.41) is 3.92. The molecule has 1 unspecified atom stereocenters. The van der Waals surface area contributed by atoms with Crippen LogP contribution < -0.4 is 4.90 Å². The number of carbonyl (C=O) groups excluding carboxylic acids is 2. The number of amides is 1. The Morgan fingerprint density at radius 2 is 2.00 bits per heavy atom. The molecule has 0 saturated carbocycles. The first kappa shape index (κ1) is 11.6. The lowest BCUT2D eigenvalue weighted by atomic mass is 10.1. The van der Waals surface area contributed by atoms with Crippen LogP contribution in [-0.2, 0) is 4.79 Å². The zero-order valence-corrected chi connectivity index (χ0v) is 10.3. The van der Waals surface area contributed by atoms with E-state index in [9.17, 15) is 9.59 Å². The van der Waals surface area contributed by atoms with Crippen LogP contribution in [0.1, 0.15) is 11.2 Å². The fourth-order valence-corrected chi connectivity index (χ4v) is 2.32. The fraction of sp³-hybridized carbons (Fsp3) is 0.214. The normalized spacial score (nSPS) is 18.8. The molecule has 19 heavy (non-hydrogen) atoms. The standard InChI is InChI=1S/C14H13N3O2/c18-13-9-11(14(19)17-8-4-7-15-17)10-16(13)12-5-2-1-3-6-12/h1-8,11H,9-10H2. The third-order valence-corrected chi connectivity index (χ3v) is 3.27. The van der Waals surface area contributed by atoms with Crippen LogP contribution in [0.3, 0.4) is 0 Å². The molecule has 0 N–H and O–H groups in total. The summed E-state index contributed by atoms with van der Waals surface area (Å²) in [6.45, 7) is 0.418. The Morgan fingerprint density at radius 1 is 1.21 bits per heavy atom. The number of rotatable bonds is 2. The van der Waals surface area contributed by atoms with Crippen LogP contribution in [0.5, 0.6) is 0 Å². The molecule has 1 amide bonds. The average molecular weight is 255 g/mol. The molecule has 1 atom stereocenters. The van der Waals surface area contributed by atoms with Crippen molar-refractivity contribution in [3.63, 3.8) is 0 Å². The van der Waals surface area contributed by atoms with Crippen LogP contribution in [-0.4, -0.2) is 28.1 Å². The van der Waals surface area contributed by atoms with Gasteiger partial charge in [0.25, 0.3) is 5.91 Å². The molecule has 1 aliphatic heterocycles. The Bertz CT molecular complexity index is 592. The third kappa shape index (κ3) is 2.14. The number of aromatic nitrogens is 2. The van der Waals surface area contributed by atoms with Crippen LogP contribution in [0, 0.1) is 5.92 Å². The Morgan fingerprint density at radius 3 is 2.68 bits per heavy atom. The van der Waals surface area contributed by atoms with Crippen LogP contribution >= 0.6 is 0 Å². The van der Waals surface area contributed by atoms with Crippen molar-refractivity contribution in [1.82, 2.24) is 9.78 Å². The van der Waals surface area contributed by atoms with Crippen molar-refractivity contribution < 1.29 is 9.59 Å². The van der Waals surface area contributed by atoms with Crippen molar-refractivity contribution in [2.45, 2.75) is 6.42 Å². The second-order valence-electron chi connectivity index (χ2n) is 4.53. The maximum atomic E-state index is 12.2.